The van der Waals surface area contributed by atoms with Crippen molar-refractivity contribution in [2.75, 3.05) is 0 Å². The van der Waals surface area contributed by atoms with Gasteiger partial charge in [0.25, 0.3) is 0 Å². The van der Waals surface area contributed by atoms with Gasteiger partial charge in [-0.1, -0.05) is 25.7 Å². The standard InChI is InChI=1S/C10H14O2S2/c1-5-9(6-2)11-13-14-12-10(7-3)8-4/h1,3,9-10H,6,8H2,2,4H3. The number of hydrogen-bond donors (Lipinski definition) is 0. The van der Waals surface area contributed by atoms with Crippen LogP contribution >= 0.6 is 22.1 Å². The summed E-state index contributed by atoms with van der Waals surface area (Å²) in [5.74, 6) is 5.03. The molecule has 0 aliphatic carbocycles. The molecule has 0 heterocycles. The first-order valence-corrected chi connectivity index (χ1v) is 6.36. The molecule has 2 nitrogen and oxygen atoms in total. The predicted octanol–water partition coefficient (Wildman–Crippen LogP) is 3.05. The van der Waals surface area contributed by atoms with Crippen LogP contribution in [0, 0.1) is 24.7 Å². The van der Waals surface area contributed by atoms with Crippen molar-refractivity contribution in [3.8, 4) is 24.7 Å². The molecule has 2 unspecified atom stereocenters. The van der Waals surface area contributed by atoms with E-state index in [0.717, 1.165) is 35.0 Å². The van der Waals surface area contributed by atoms with Crippen molar-refractivity contribution < 1.29 is 8.37 Å². The van der Waals surface area contributed by atoms with Crippen LogP contribution in [-0.4, -0.2) is 12.2 Å². The molecule has 4 heteroatoms. The fourth-order valence-corrected chi connectivity index (χ4v) is 1.95. The Bertz CT molecular complexity index is 193. The average molecular weight is 230 g/mol. The van der Waals surface area contributed by atoms with E-state index in [9.17, 15) is 0 Å². The minimum absolute atomic E-state index is 0.165. The molecule has 2 atom stereocenters. The van der Waals surface area contributed by atoms with Crippen molar-refractivity contribution in [3.05, 3.63) is 0 Å². The lowest BCUT2D eigenvalue weighted by Crippen LogP contribution is -2.04. The maximum atomic E-state index is 5.23. The first-order chi connectivity index (χ1) is 6.78. The number of rotatable bonds is 7. The van der Waals surface area contributed by atoms with E-state index in [-0.39, 0.29) is 12.2 Å². The van der Waals surface area contributed by atoms with Gasteiger partial charge in [-0.15, -0.1) is 12.8 Å². The molecular weight excluding hydrogens is 216 g/mol. The van der Waals surface area contributed by atoms with Crippen molar-refractivity contribution in [1.29, 1.82) is 0 Å². The third-order valence-corrected chi connectivity index (χ3v) is 2.77. The molecule has 0 radical (unpaired) electrons. The fourth-order valence-electron chi connectivity index (χ4n) is 0.554. The topological polar surface area (TPSA) is 18.5 Å². The van der Waals surface area contributed by atoms with Gasteiger partial charge in [-0.25, -0.2) is 0 Å². The van der Waals surface area contributed by atoms with Crippen LogP contribution in [0.2, 0.25) is 0 Å². The van der Waals surface area contributed by atoms with Gasteiger partial charge < -0.3 is 0 Å². The highest BCUT2D eigenvalue weighted by atomic mass is 33.1. The summed E-state index contributed by atoms with van der Waals surface area (Å²) in [5.41, 5.74) is 0. The molecule has 0 saturated heterocycles. The maximum Gasteiger partial charge on any atom is 0.133 e. The van der Waals surface area contributed by atoms with Gasteiger partial charge in [0.15, 0.2) is 0 Å². The first kappa shape index (κ1) is 13.7. The molecule has 0 bridgehead atoms. The van der Waals surface area contributed by atoms with E-state index in [0.29, 0.717) is 0 Å². The second kappa shape index (κ2) is 9.30. The van der Waals surface area contributed by atoms with Gasteiger partial charge >= 0.3 is 0 Å². The van der Waals surface area contributed by atoms with Gasteiger partial charge in [0.1, 0.15) is 12.2 Å². The summed E-state index contributed by atoms with van der Waals surface area (Å²) in [5, 5.41) is 0. The highest BCUT2D eigenvalue weighted by Gasteiger charge is 2.06. The highest BCUT2D eigenvalue weighted by molar-refractivity contribution is 8.73. The quantitative estimate of drug-likeness (QED) is 0.289. The summed E-state index contributed by atoms with van der Waals surface area (Å²) < 4.78 is 10.5. The van der Waals surface area contributed by atoms with Crippen molar-refractivity contribution >= 4 is 22.1 Å². The van der Waals surface area contributed by atoms with E-state index < -0.39 is 0 Å². The Morgan fingerprint density at radius 3 is 1.57 bits per heavy atom. The van der Waals surface area contributed by atoms with Gasteiger partial charge in [0.2, 0.25) is 0 Å². The SMILES string of the molecule is C#CC(CC)OSSOC(C#C)CC. The van der Waals surface area contributed by atoms with Crippen LogP contribution in [0.15, 0.2) is 0 Å². The van der Waals surface area contributed by atoms with Gasteiger partial charge in [0.05, 0.1) is 22.1 Å². The van der Waals surface area contributed by atoms with Crippen molar-refractivity contribution in [3.63, 3.8) is 0 Å². The van der Waals surface area contributed by atoms with Gasteiger partial charge in [0, 0.05) is 0 Å². The summed E-state index contributed by atoms with van der Waals surface area (Å²) in [4.78, 5) is 0. The third kappa shape index (κ3) is 6.23. The van der Waals surface area contributed by atoms with Crippen LogP contribution in [0.5, 0.6) is 0 Å². The zero-order chi connectivity index (χ0) is 10.8. The normalized spacial score (nSPS) is 14.0. The zero-order valence-electron chi connectivity index (χ0n) is 8.36. The minimum Gasteiger partial charge on any atom is -0.287 e. The molecule has 0 fully saturated rings. The Balaban J connectivity index is 3.47. The Morgan fingerprint density at radius 1 is 1.00 bits per heavy atom. The molecule has 0 saturated carbocycles. The monoisotopic (exact) mass is 230 g/mol. The molecule has 78 valence electrons. The van der Waals surface area contributed by atoms with Crippen molar-refractivity contribution in [1.82, 2.24) is 0 Å². The highest BCUT2D eigenvalue weighted by Crippen LogP contribution is 2.27. The zero-order valence-corrected chi connectivity index (χ0v) is 9.99. The minimum atomic E-state index is -0.165. The summed E-state index contributed by atoms with van der Waals surface area (Å²) >= 11 is 2.25. The van der Waals surface area contributed by atoms with E-state index in [2.05, 4.69) is 11.8 Å². The van der Waals surface area contributed by atoms with E-state index in [1.165, 1.54) is 0 Å². The van der Waals surface area contributed by atoms with E-state index in [1.807, 2.05) is 13.8 Å². The molecule has 0 spiro atoms. The Kier molecular flexibility index (Phi) is 9.13. The van der Waals surface area contributed by atoms with Crippen LogP contribution < -0.4 is 0 Å². The summed E-state index contributed by atoms with van der Waals surface area (Å²) in [7, 11) is 0. The lowest BCUT2D eigenvalue weighted by molar-refractivity contribution is 0.295. The van der Waals surface area contributed by atoms with E-state index in [1.54, 1.807) is 0 Å². The van der Waals surface area contributed by atoms with Crippen LogP contribution in [0.3, 0.4) is 0 Å². The fraction of sp³-hybridized carbons (Fsp3) is 0.600. The van der Waals surface area contributed by atoms with Gasteiger partial charge in [-0.05, 0) is 12.8 Å². The Hall–Kier alpha value is -0.260. The van der Waals surface area contributed by atoms with Crippen LogP contribution in [0.25, 0.3) is 0 Å². The predicted molar refractivity (Wildman–Crippen MR) is 63.2 cm³/mol. The summed E-state index contributed by atoms with van der Waals surface area (Å²) in [6.45, 7) is 3.93. The molecule has 0 N–H and O–H groups in total. The van der Waals surface area contributed by atoms with Gasteiger partial charge in [-0.2, -0.15) is 0 Å². The van der Waals surface area contributed by atoms with Crippen LogP contribution in [0.4, 0.5) is 0 Å². The van der Waals surface area contributed by atoms with Crippen LogP contribution in [-0.2, 0) is 8.37 Å². The van der Waals surface area contributed by atoms with E-state index in [4.69, 9.17) is 21.2 Å². The Labute approximate surface area is 94.3 Å². The van der Waals surface area contributed by atoms with E-state index >= 15 is 0 Å². The van der Waals surface area contributed by atoms with Crippen molar-refractivity contribution in [2.45, 2.75) is 38.9 Å². The second-order valence-electron chi connectivity index (χ2n) is 2.46. The molecule has 0 aromatic heterocycles. The molecule has 0 aromatic carbocycles. The molecular formula is C10H14O2S2. The summed E-state index contributed by atoms with van der Waals surface area (Å²) in [6.07, 6.45) is 11.7. The molecule has 14 heavy (non-hydrogen) atoms. The molecule has 0 aliphatic rings. The average Bonchev–Trinajstić information content (AvgIpc) is 2.24. The summed E-state index contributed by atoms with van der Waals surface area (Å²) in [6, 6.07) is 0. The van der Waals surface area contributed by atoms with Crippen LogP contribution in [0.1, 0.15) is 26.7 Å². The lowest BCUT2D eigenvalue weighted by atomic mass is 10.3. The molecule has 0 aliphatic heterocycles. The number of hydrogen-bond acceptors (Lipinski definition) is 4. The Morgan fingerprint density at radius 2 is 1.36 bits per heavy atom. The van der Waals surface area contributed by atoms with Gasteiger partial charge in [-0.3, -0.25) is 8.37 Å². The molecule has 0 aromatic rings. The largest absolute Gasteiger partial charge is 0.287 e. The smallest absolute Gasteiger partial charge is 0.133 e. The third-order valence-electron chi connectivity index (χ3n) is 1.45. The molecule has 0 amide bonds. The second-order valence-corrected chi connectivity index (χ2v) is 3.93. The first-order valence-electron chi connectivity index (χ1n) is 4.36. The lowest BCUT2D eigenvalue weighted by Gasteiger charge is -2.09. The van der Waals surface area contributed by atoms with Crippen molar-refractivity contribution in [2.24, 2.45) is 0 Å². The maximum absolute atomic E-state index is 5.23. The molecule has 0 rings (SSSR count). The number of terminal acetylenes is 2.